The fourth-order valence-electron chi connectivity index (χ4n) is 1.70. The van der Waals surface area contributed by atoms with E-state index < -0.39 is 0 Å². The quantitative estimate of drug-likeness (QED) is 0.707. The lowest BCUT2D eigenvalue weighted by atomic mass is 10.1. The maximum atomic E-state index is 11.8. The summed E-state index contributed by atoms with van der Waals surface area (Å²) in [6.45, 7) is 3.28. The predicted octanol–water partition coefficient (Wildman–Crippen LogP) is 0.356. The number of likely N-dealkylation sites (N-methyl/N-ethyl adjacent to an activating group) is 1. The number of nitriles is 1. The lowest BCUT2D eigenvalue weighted by Crippen LogP contribution is -2.43. The summed E-state index contributed by atoms with van der Waals surface area (Å²) in [6, 6.07) is 2.10. The van der Waals surface area contributed by atoms with Crippen LogP contribution in [0.1, 0.15) is 19.8 Å². The highest BCUT2D eigenvalue weighted by molar-refractivity contribution is 5.81. The van der Waals surface area contributed by atoms with Crippen molar-refractivity contribution in [3.8, 4) is 6.07 Å². The second kappa shape index (κ2) is 4.97. The number of hydrogen-bond donors (Lipinski definition) is 1. The monoisotopic (exact) mass is 195 g/mol. The lowest BCUT2D eigenvalue weighted by molar-refractivity contribution is -0.132. The van der Waals surface area contributed by atoms with Crippen LogP contribution in [0.15, 0.2) is 0 Å². The van der Waals surface area contributed by atoms with Gasteiger partial charge in [-0.1, -0.05) is 0 Å². The number of nitrogens with zero attached hydrogens (tertiary/aromatic N) is 2. The highest BCUT2D eigenvalue weighted by Gasteiger charge is 2.25. The average molecular weight is 195 g/mol. The molecule has 1 N–H and O–H groups in total. The SMILES string of the molecule is CC(C#N)CN(C)C(=O)[C@H]1CCCN1. The van der Waals surface area contributed by atoms with Gasteiger partial charge in [0.1, 0.15) is 0 Å². The fraction of sp³-hybridized carbons (Fsp3) is 0.800. The van der Waals surface area contributed by atoms with Crippen molar-refractivity contribution in [1.82, 2.24) is 10.2 Å². The minimum absolute atomic E-state index is 0.0223. The molecular formula is C10H17N3O. The Bertz CT molecular complexity index is 240. The molecule has 1 aliphatic heterocycles. The first-order valence-electron chi connectivity index (χ1n) is 5.03. The van der Waals surface area contributed by atoms with Crippen LogP contribution in [0.2, 0.25) is 0 Å². The van der Waals surface area contributed by atoms with Gasteiger partial charge >= 0.3 is 0 Å². The van der Waals surface area contributed by atoms with Gasteiger partial charge in [-0.15, -0.1) is 0 Å². The normalized spacial score (nSPS) is 22.8. The van der Waals surface area contributed by atoms with E-state index in [1.54, 1.807) is 11.9 Å². The number of carbonyl (C=O) groups excluding carboxylic acids is 1. The molecule has 1 heterocycles. The highest BCUT2D eigenvalue weighted by Crippen LogP contribution is 2.08. The van der Waals surface area contributed by atoms with E-state index in [4.69, 9.17) is 5.26 Å². The zero-order chi connectivity index (χ0) is 10.6. The van der Waals surface area contributed by atoms with Crippen LogP contribution in [0.4, 0.5) is 0 Å². The molecule has 0 aromatic heterocycles. The zero-order valence-electron chi connectivity index (χ0n) is 8.79. The van der Waals surface area contributed by atoms with Crippen LogP contribution in [-0.4, -0.2) is 37.0 Å². The van der Waals surface area contributed by atoms with E-state index in [0.717, 1.165) is 19.4 Å². The molecule has 0 saturated carbocycles. The topological polar surface area (TPSA) is 56.1 Å². The van der Waals surface area contributed by atoms with Crippen molar-refractivity contribution in [3.63, 3.8) is 0 Å². The molecule has 1 amide bonds. The third-order valence-electron chi connectivity index (χ3n) is 2.50. The minimum Gasteiger partial charge on any atom is -0.343 e. The first-order valence-corrected chi connectivity index (χ1v) is 5.03. The van der Waals surface area contributed by atoms with Crippen LogP contribution in [0.25, 0.3) is 0 Å². The van der Waals surface area contributed by atoms with Crippen LogP contribution >= 0.6 is 0 Å². The summed E-state index contributed by atoms with van der Waals surface area (Å²) in [6.07, 6.45) is 1.99. The van der Waals surface area contributed by atoms with Crippen LogP contribution < -0.4 is 5.32 Å². The predicted molar refractivity (Wildman–Crippen MR) is 53.4 cm³/mol. The Labute approximate surface area is 84.9 Å². The third-order valence-corrected chi connectivity index (χ3v) is 2.50. The van der Waals surface area contributed by atoms with E-state index in [1.807, 2.05) is 6.92 Å². The summed E-state index contributed by atoms with van der Waals surface area (Å²) < 4.78 is 0. The molecule has 0 radical (unpaired) electrons. The number of hydrogen-bond acceptors (Lipinski definition) is 3. The molecule has 78 valence electrons. The summed E-state index contributed by atoms with van der Waals surface area (Å²) in [5, 5.41) is 11.8. The van der Waals surface area contributed by atoms with Crippen molar-refractivity contribution in [3.05, 3.63) is 0 Å². The van der Waals surface area contributed by atoms with Gasteiger partial charge in [0.2, 0.25) is 5.91 Å². The Hall–Kier alpha value is -1.08. The molecular weight excluding hydrogens is 178 g/mol. The number of nitrogens with one attached hydrogen (secondary N) is 1. The maximum Gasteiger partial charge on any atom is 0.239 e. The summed E-state index contributed by atoms with van der Waals surface area (Å²) in [7, 11) is 1.76. The summed E-state index contributed by atoms with van der Waals surface area (Å²) in [5.41, 5.74) is 0. The van der Waals surface area contributed by atoms with Gasteiger partial charge in [0, 0.05) is 13.6 Å². The van der Waals surface area contributed by atoms with Crippen LogP contribution in [0.3, 0.4) is 0 Å². The molecule has 0 aromatic rings. The molecule has 4 nitrogen and oxygen atoms in total. The molecule has 0 aliphatic carbocycles. The summed E-state index contributed by atoms with van der Waals surface area (Å²) in [4.78, 5) is 13.4. The second-order valence-corrected chi connectivity index (χ2v) is 3.90. The Kier molecular flexibility index (Phi) is 3.90. The molecule has 4 heteroatoms. The Morgan fingerprint density at radius 3 is 3.00 bits per heavy atom. The van der Waals surface area contributed by atoms with E-state index in [0.29, 0.717) is 6.54 Å². The second-order valence-electron chi connectivity index (χ2n) is 3.90. The van der Waals surface area contributed by atoms with Gasteiger partial charge in [0.15, 0.2) is 0 Å². The van der Waals surface area contributed by atoms with Crippen LogP contribution in [0.5, 0.6) is 0 Å². The van der Waals surface area contributed by atoms with Crippen LogP contribution in [0, 0.1) is 17.2 Å². The molecule has 1 unspecified atom stereocenters. The Morgan fingerprint density at radius 2 is 2.50 bits per heavy atom. The van der Waals surface area contributed by atoms with Crippen molar-refractivity contribution in [2.45, 2.75) is 25.8 Å². The number of rotatable bonds is 3. The van der Waals surface area contributed by atoms with Gasteiger partial charge in [-0.3, -0.25) is 4.79 Å². The largest absolute Gasteiger partial charge is 0.343 e. The molecule has 0 bridgehead atoms. The molecule has 2 atom stereocenters. The molecule has 1 saturated heterocycles. The lowest BCUT2D eigenvalue weighted by Gasteiger charge is -2.21. The molecule has 1 fully saturated rings. The average Bonchev–Trinajstić information content (AvgIpc) is 2.69. The molecule has 1 rings (SSSR count). The minimum atomic E-state index is -0.0923. The van der Waals surface area contributed by atoms with E-state index in [-0.39, 0.29) is 17.9 Å². The smallest absolute Gasteiger partial charge is 0.239 e. The standard InChI is InChI=1S/C10H17N3O/c1-8(6-11)7-13(2)10(14)9-4-3-5-12-9/h8-9,12H,3-5,7H2,1-2H3/t8?,9-/m1/s1. The van der Waals surface area contributed by atoms with Gasteiger partial charge in [-0.2, -0.15) is 5.26 Å². The van der Waals surface area contributed by atoms with Gasteiger partial charge in [-0.25, -0.2) is 0 Å². The summed E-state index contributed by atoms with van der Waals surface area (Å²) >= 11 is 0. The fourth-order valence-corrected chi connectivity index (χ4v) is 1.70. The van der Waals surface area contributed by atoms with Gasteiger partial charge in [0.25, 0.3) is 0 Å². The molecule has 0 spiro atoms. The van der Waals surface area contributed by atoms with Crippen molar-refractivity contribution >= 4 is 5.91 Å². The zero-order valence-corrected chi connectivity index (χ0v) is 8.79. The number of amides is 1. The summed E-state index contributed by atoms with van der Waals surface area (Å²) in [5.74, 6) is 0.0231. The van der Waals surface area contributed by atoms with E-state index in [1.165, 1.54) is 0 Å². The van der Waals surface area contributed by atoms with Gasteiger partial charge in [-0.05, 0) is 26.3 Å². The first kappa shape index (κ1) is 11.0. The van der Waals surface area contributed by atoms with Crippen molar-refractivity contribution in [1.29, 1.82) is 5.26 Å². The van der Waals surface area contributed by atoms with E-state index >= 15 is 0 Å². The van der Waals surface area contributed by atoms with Gasteiger partial charge < -0.3 is 10.2 Å². The molecule has 14 heavy (non-hydrogen) atoms. The Morgan fingerprint density at radius 1 is 1.79 bits per heavy atom. The Balaban J connectivity index is 2.40. The van der Waals surface area contributed by atoms with E-state index in [2.05, 4.69) is 11.4 Å². The van der Waals surface area contributed by atoms with E-state index in [9.17, 15) is 4.79 Å². The van der Waals surface area contributed by atoms with Crippen molar-refractivity contribution in [2.75, 3.05) is 20.1 Å². The van der Waals surface area contributed by atoms with Gasteiger partial charge in [0.05, 0.1) is 18.0 Å². The van der Waals surface area contributed by atoms with Crippen molar-refractivity contribution < 1.29 is 4.79 Å². The molecule has 0 aromatic carbocycles. The van der Waals surface area contributed by atoms with Crippen LogP contribution in [-0.2, 0) is 4.79 Å². The number of carbonyl (C=O) groups is 1. The van der Waals surface area contributed by atoms with Crippen molar-refractivity contribution in [2.24, 2.45) is 5.92 Å². The first-order chi connectivity index (χ1) is 6.65. The maximum absolute atomic E-state index is 11.8. The third kappa shape index (κ3) is 2.71. The highest BCUT2D eigenvalue weighted by atomic mass is 16.2. The molecule has 1 aliphatic rings.